The van der Waals surface area contributed by atoms with Gasteiger partial charge in [-0.3, -0.25) is 9.36 Å². The average Bonchev–Trinajstić information content (AvgIpc) is 2.99. The van der Waals surface area contributed by atoms with Crippen LogP contribution in [0.3, 0.4) is 0 Å². The summed E-state index contributed by atoms with van der Waals surface area (Å²) in [5, 5.41) is -2.15. The number of carbonyl (C=O) groups excluding carboxylic acids is 1. The first-order valence-electron chi connectivity index (χ1n) is 13.8. The molecule has 0 bridgehead atoms. The van der Waals surface area contributed by atoms with Crippen LogP contribution in [-0.2, 0) is 38.8 Å². The molecular formula is C30H33ClNO8PS2. The Hall–Kier alpha value is -2.63. The summed E-state index contributed by atoms with van der Waals surface area (Å²) in [6, 6.07) is 18.3. The number of sulfone groups is 1. The van der Waals surface area contributed by atoms with Gasteiger partial charge in [-0.2, -0.15) is 4.72 Å². The molecule has 43 heavy (non-hydrogen) atoms. The molecule has 0 saturated carbocycles. The first-order valence-corrected chi connectivity index (χ1v) is 18.7. The first kappa shape index (κ1) is 33.3. The number of halogens is 1. The fourth-order valence-corrected chi connectivity index (χ4v) is 10.2. The molecule has 0 aromatic heterocycles. The Balaban J connectivity index is 2.08. The van der Waals surface area contributed by atoms with Crippen molar-refractivity contribution in [3.63, 3.8) is 0 Å². The van der Waals surface area contributed by atoms with Gasteiger partial charge < -0.3 is 9.05 Å². The van der Waals surface area contributed by atoms with E-state index in [4.69, 9.17) is 20.6 Å². The molecule has 0 heterocycles. The minimum atomic E-state index is -4.68. The summed E-state index contributed by atoms with van der Waals surface area (Å²) in [6.07, 6.45) is 3.14. The SMILES string of the molecule is CCCCOP(=O)(OCCCC)C1(NS(=O)(=O)c2ccc(Cl)cc2)C=C(S(=O)(=O)c2ccccc2)C(=O)c2ccccc21. The lowest BCUT2D eigenvalue weighted by atomic mass is 9.92. The number of carbonyl (C=O) groups is 1. The molecule has 1 atom stereocenters. The number of rotatable bonds is 14. The molecule has 0 radical (unpaired) electrons. The lowest BCUT2D eigenvalue weighted by Crippen LogP contribution is -2.48. The fourth-order valence-electron chi connectivity index (χ4n) is 4.55. The zero-order chi connectivity index (χ0) is 31.3. The van der Waals surface area contributed by atoms with Crippen LogP contribution in [0.15, 0.2) is 99.6 Å². The lowest BCUT2D eigenvalue weighted by molar-refractivity contribution is 0.103. The van der Waals surface area contributed by atoms with Gasteiger partial charge >= 0.3 is 7.60 Å². The van der Waals surface area contributed by atoms with Crippen molar-refractivity contribution in [1.82, 2.24) is 4.72 Å². The van der Waals surface area contributed by atoms with Crippen molar-refractivity contribution >= 4 is 44.8 Å². The lowest BCUT2D eigenvalue weighted by Gasteiger charge is -2.40. The Labute approximate surface area is 257 Å². The summed E-state index contributed by atoms with van der Waals surface area (Å²) in [6.45, 7) is 3.64. The Bertz CT molecular complexity index is 1750. The monoisotopic (exact) mass is 665 g/mol. The number of hydrogen-bond donors (Lipinski definition) is 1. The number of ketones is 1. The zero-order valence-electron chi connectivity index (χ0n) is 23.7. The molecule has 3 aromatic carbocycles. The van der Waals surface area contributed by atoms with Gasteiger partial charge in [-0.05, 0) is 55.3 Å². The van der Waals surface area contributed by atoms with Crippen molar-refractivity contribution < 1.29 is 35.2 Å². The molecule has 4 rings (SSSR count). The van der Waals surface area contributed by atoms with Crippen LogP contribution in [0, 0.1) is 0 Å². The van der Waals surface area contributed by atoms with Crippen LogP contribution in [0.5, 0.6) is 0 Å². The number of benzene rings is 3. The van der Waals surface area contributed by atoms with E-state index < -0.39 is 43.4 Å². The minimum Gasteiger partial charge on any atom is -0.307 e. The first-order chi connectivity index (χ1) is 20.4. The van der Waals surface area contributed by atoms with Crippen molar-refractivity contribution in [2.24, 2.45) is 0 Å². The molecule has 0 spiro atoms. The maximum absolute atomic E-state index is 15.1. The topological polar surface area (TPSA) is 133 Å². The third kappa shape index (κ3) is 6.73. The summed E-state index contributed by atoms with van der Waals surface area (Å²) in [7, 11) is -13.8. The van der Waals surface area contributed by atoms with E-state index in [1.807, 2.05) is 13.8 Å². The summed E-state index contributed by atoms with van der Waals surface area (Å²) < 4.78 is 85.4. The number of fused-ring (bicyclic) bond motifs is 1. The molecule has 230 valence electrons. The maximum Gasteiger partial charge on any atom is 0.360 e. The third-order valence-electron chi connectivity index (χ3n) is 6.85. The maximum atomic E-state index is 15.1. The van der Waals surface area contributed by atoms with Gasteiger partial charge in [0.05, 0.1) is 23.0 Å². The van der Waals surface area contributed by atoms with Gasteiger partial charge in [0.2, 0.25) is 25.6 Å². The van der Waals surface area contributed by atoms with Crippen LogP contribution >= 0.6 is 19.2 Å². The normalized spacial score (nSPS) is 17.4. The summed E-state index contributed by atoms with van der Waals surface area (Å²) in [5.74, 6) is -0.880. The molecule has 3 aromatic rings. The summed E-state index contributed by atoms with van der Waals surface area (Å²) in [5.41, 5.74) is -0.211. The molecular weight excluding hydrogens is 633 g/mol. The second kappa shape index (κ2) is 13.6. The second-order valence-corrected chi connectivity index (χ2v) is 16.2. The van der Waals surface area contributed by atoms with Crippen LogP contribution in [0.25, 0.3) is 0 Å². The van der Waals surface area contributed by atoms with Gasteiger partial charge in [0, 0.05) is 16.1 Å². The zero-order valence-corrected chi connectivity index (χ0v) is 27.0. The van der Waals surface area contributed by atoms with Crippen molar-refractivity contribution in [3.8, 4) is 0 Å². The summed E-state index contributed by atoms with van der Waals surface area (Å²) in [4.78, 5) is 12.6. The number of allylic oxidation sites excluding steroid dienone is 1. The molecule has 1 aliphatic carbocycles. The third-order valence-corrected chi connectivity index (χ3v) is 12.9. The molecule has 0 aliphatic heterocycles. The minimum absolute atomic E-state index is 0.0547. The Morgan fingerprint density at radius 3 is 1.93 bits per heavy atom. The molecule has 0 fully saturated rings. The van der Waals surface area contributed by atoms with Gasteiger partial charge in [-0.15, -0.1) is 0 Å². The molecule has 0 saturated heterocycles. The van der Waals surface area contributed by atoms with Gasteiger partial charge in [0.1, 0.15) is 4.91 Å². The number of nitrogens with one attached hydrogen (secondary N) is 1. The Kier molecular flexibility index (Phi) is 10.5. The van der Waals surface area contributed by atoms with Crippen molar-refractivity contribution in [2.45, 2.75) is 54.6 Å². The summed E-state index contributed by atoms with van der Waals surface area (Å²) >= 11 is 5.99. The van der Waals surface area contributed by atoms with E-state index in [1.54, 1.807) is 6.07 Å². The number of Topliss-reactive ketones (excluding diaryl/α,β-unsaturated/α-hetero) is 1. The quantitative estimate of drug-likeness (QED) is 0.146. The highest BCUT2D eigenvalue weighted by atomic mass is 35.5. The van der Waals surface area contributed by atoms with Crippen LogP contribution in [0.2, 0.25) is 5.02 Å². The highest BCUT2D eigenvalue weighted by Crippen LogP contribution is 2.67. The van der Waals surface area contributed by atoms with Crippen LogP contribution < -0.4 is 4.72 Å². The van der Waals surface area contributed by atoms with Crippen LogP contribution in [0.4, 0.5) is 0 Å². The van der Waals surface area contributed by atoms with Gasteiger partial charge in [0.25, 0.3) is 0 Å². The predicted molar refractivity (Wildman–Crippen MR) is 165 cm³/mol. The van der Waals surface area contributed by atoms with E-state index in [2.05, 4.69) is 4.72 Å². The van der Waals surface area contributed by atoms with E-state index in [0.717, 1.165) is 6.08 Å². The van der Waals surface area contributed by atoms with Gasteiger partial charge in [-0.25, -0.2) is 16.8 Å². The Morgan fingerprint density at radius 1 is 0.791 bits per heavy atom. The van der Waals surface area contributed by atoms with Gasteiger partial charge in [-0.1, -0.05) is 80.8 Å². The molecule has 9 nitrogen and oxygen atoms in total. The second-order valence-electron chi connectivity index (χ2n) is 9.90. The largest absolute Gasteiger partial charge is 0.360 e. The molecule has 1 aliphatic rings. The standard InChI is InChI=1S/C30H33ClNO8PS2/c1-3-5-20-39-41(34,40-21-6-4-2)30(32-43(37,38)25-18-16-23(31)17-19-25)22-28(29(33)26-14-10-11-15-27(26)30)42(35,36)24-12-8-7-9-13-24/h7-19,22,32H,3-6,20-21H2,1-2H3. The van der Waals surface area contributed by atoms with E-state index in [9.17, 15) is 21.6 Å². The van der Waals surface area contributed by atoms with E-state index in [0.29, 0.717) is 25.7 Å². The van der Waals surface area contributed by atoms with Crippen LogP contribution in [0.1, 0.15) is 55.5 Å². The van der Waals surface area contributed by atoms with Crippen molar-refractivity contribution in [3.05, 3.63) is 106 Å². The molecule has 1 N–H and O–H groups in total. The highest BCUT2D eigenvalue weighted by Gasteiger charge is 2.58. The number of hydrogen-bond acceptors (Lipinski definition) is 8. The predicted octanol–water partition coefficient (Wildman–Crippen LogP) is 6.85. The highest BCUT2D eigenvalue weighted by molar-refractivity contribution is 7.96. The van der Waals surface area contributed by atoms with E-state index in [1.165, 1.54) is 72.8 Å². The van der Waals surface area contributed by atoms with Crippen LogP contribution in [-0.4, -0.2) is 35.8 Å². The molecule has 0 amide bonds. The van der Waals surface area contributed by atoms with Crippen molar-refractivity contribution in [2.75, 3.05) is 13.2 Å². The fraction of sp³-hybridized carbons (Fsp3) is 0.300. The molecule has 1 unspecified atom stereocenters. The van der Waals surface area contributed by atoms with Gasteiger partial charge in [0.15, 0.2) is 5.28 Å². The number of unbranched alkanes of at least 4 members (excludes halogenated alkanes) is 2. The number of sulfonamides is 1. The van der Waals surface area contributed by atoms with E-state index in [-0.39, 0.29) is 39.2 Å². The van der Waals surface area contributed by atoms with E-state index >= 15 is 4.57 Å². The van der Waals surface area contributed by atoms with Crippen molar-refractivity contribution in [1.29, 1.82) is 0 Å². The average molecular weight is 666 g/mol. The smallest absolute Gasteiger partial charge is 0.307 e. The Morgan fingerprint density at radius 2 is 1.35 bits per heavy atom. The molecule has 13 heteroatoms.